The van der Waals surface area contributed by atoms with E-state index in [-0.39, 0.29) is 6.42 Å². The molecule has 0 spiro atoms. The van der Waals surface area contributed by atoms with Crippen LogP contribution in [-0.2, 0) is 11.2 Å². The number of benzene rings is 2. The number of halogens is 2. The zero-order valence-corrected chi connectivity index (χ0v) is 12.2. The second-order valence-corrected chi connectivity index (χ2v) is 4.51. The maximum Gasteiger partial charge on any atom is 0.228 e. The van der Waals surface area contributed by atoms with Gasteiger partial charge >= 0.3 is 0 Å². The molecule has 2 aromatic rings. The predicted octanol–water partition coefficient (Wildman–Crippen LogP) is 3.16. The van der Waals surface area contributed by atoms with Crippen LogP contribution >= 0.6 is 0 Å². The molecule has 0 unspecified atom stereocenters. The summed E-state index contributed by atoms with van der Waals surface area (Å²) in [4.78, 5) is 11.9. The molecule has 0 saturated carbocycles. The Hall–Kier alpha value is -2.63. The van der Waals surface area contributed by atoms with E-state index in [0.29, 0.717) is 17.1 Å². The maximum absolute atomic E-state index is 13.5. The van der Waals surface area contributed by atoms with Crippen LogP contribution < -0.4 is 14.8 Å². The van der Waals surface area contributed by atoms with Crippen LogP contribution in [-0.4, -0.2) is 20.1 Å². The van der Waals surface area contributed by atoms with Crippen molar-refractivity contribution in [2.75, 3.05) is 19.5 Å². The molecule has 0 bridgehead atoms. The third kappa shape index (κ3) is 3.52. The standard InChI is InChI=1S/C16H15F2NO3/c1-21-13-7-6-10(8-14(13)22-2)9-15(20)19-16-11(17)4-3-5-12(16)18/h3-8H,9H2,1-2H3,(H,19,20). The first-order valence-corrected chi connectivity index (χ1v) is 6.50. The molecule has 0 aliphatic rings. The number of amides is 1. The van der Waals surface area contributed by atoms with Gasteiger partial charge in [0.05, 0.1) is 20.6 Å². The number of anilines is 1. The molecular formula is C16H15F2NO3. The summed E-state index contributed by atoms with van der Waals surface area (Å²) in [5.74, 6) is -1.16. The minimum Gasteiger partial charge on any atom is -0.493 e. The summed E-state index contributed by atoms with van der Waals surface area (Å²) in [5.41, 5.74) is 0.180. The zero-order valence-electron chi connectivity index (χ0n) is 12.2. The average Bonchev–Trinajstić information content (AvgIpc) is 2.51. The minimum absolute atomic E-state index is 0.0475. The van der Waals surface area contributed by atoms with Crippen LogP contribution in [0.2, 0.25) is 0 Å². The molecule has 0 aliphatic carbocycles. The van der Waals surface area contributed by atoms with Gasteiger partial charge in [0.1, 0.15) is 17.3 Å². The fourth-order valence-corrected chi connectivity index (χ4v) is 1.98. The van der Waals surface area contributed by atoms with Crippen LogP contribution in [0.4, 0.5) is 14.5 Å². The predicted molar refractivity (Wildman–Crippen MR) is 78.2 cm³/mol. The molecule has 116 valence electrons. The molecule has 2 aromatic carbocycles. The smallest absolute Gasteiger partial charge is 0.228 e. The van der Waals surface area contributed by atoms with Crippen molar-refractivity contribution in [1.29, 1.82) is 0 Å². The van der Waals surface area contributed by atoms with Crippen LogP contribution in [0.25, 0.3) is 0 Å². The number of nitrogens with one attached hydrogen (secondary N) is 1. The van der Waals surface area contributed by atoms with E-state index in [1.54, 1.807) is 18.2 Å². The number of carbonyl (C=O) groups is 1. The molecule has 0 radical (unpaired) electrons. The number of hydrogen-bond donors (Lipinski definition) is 1. The van der Waals surface area contributed by atoms with Crippen LogP contribution in [0.15, 0.2) is 36.4 Å². The Bertz CT molecular complexity index is 669. The van der Waals surface area contributed by atoms with Crippen molar-refractivity contribution in [1.82, 2.24) is 0 Å². The lowest BCUT2D eigenvalue weighted by atomic mass is 10.1. The van der Waals surface area contributed by atoms with Gasteiger partial charge in [-0.2, -0.15) is 0 Å². The monoisotopic (exact) mass is 307 g/mol. The molecule has 22 heavy (non-hydrogen) atoms. The molecular weight excluding hydrogens is 292 g/mol. The summed E-state index contributed by atoms with van der Waals surface area (Å²) in [6.07, 6.45) is -0.0475. The Balaban J connectivity index is 2.12. The molecule has 2 rings (SSSR count). The van der Waals surface area contributed by atoms with Gasteiger partial charge in [-0.25, -0.2) is 8.78 Å². The van der Waals surface area contributed by atoms with E-state index in [4.69, 9.17) is 9.47 Å². The van der Waals surface area contributed by atoms with Crippen molar-refractivity contribution < 1.29 is 23.0 Å². The Kier molecular flexibility index (Phi) is 4.93. The van der Waals surface area contributed by atoms with Gasteiger partial charge in [0.15, 0.2) is 11.5 Å². The summed E-state index contributed by atoms with van der Waals surface area (Å²) < 4.78 is 37.2. The van der Waals surface area contributed by atoms with Crippen molar-refractivity contribution in [3.05, 3.63) is 53.6 Å². The van der Waals surface area contributed by atoms with E-state index in [0.717, 1.165) is 12.1 Å². The number of rotatable bonds is 5. The third-order valence-electron chi connectivity index (χ3n) is 3.04. The molecule has 0 aliphatic heterocycles. The summed E-state index contributed by atoms with van der Waals surface area (Å²) >= 11 is 0. The van der Waals surface area contributed by atoms with Gasteiger partial charge in [-0.1, -0.05) is 12.1 Å². The first kappa shape index (κ1) is 15.8. The largest absolute Gasteiger partial charge is 0.493 e. The molecule has 6 heteroatoms. The van der Waals surface area contributed by atoms with Gasteiger partial charge in [0.2, 0.25) is 5.91 Å². The fourth-order valence-electron chi connectivity index (χ4n) is 1.98. The molecule has 0 saturated heterocycles. The first-order valence-electron chi connectivity index (χ1n) is 6.50. The highest BCUT2D eigenvalue weighted by Gasteiger charge is 2.13. The van der Waals surface area contributed by atoms with E-state index in [1.165, 1.54) is 20.3 Å². The van der Waals surface area contributed by atoms with Crippen molar-refractivity contribution >= 4 is 11.6 Å². The molecule has 0 aromatic heterocycles. The highest BCUT2D eigenvalue weighted by Crippen LogP contribution is 2.28. The van der Waals surface area contributed by atoms with Gasteiger partial charge in [0, 0.05) is 0 Å². The highest BCUT2D eigenvalue weighted by molar-refractivity contribution is 5.92. The number of hydrogen-bond acceptors (Lipinski definition) is 3. The summed E-state index contributed by atoms with van der Waals surface area (Å²) in [6, 6.07) is 8.36. The van der Waals surface area contributed by atoms with Gasteiger partial charge in [-0.15, -0.1) is 0 Å². The average molecular weight is 307 g/mol. The molecule has 1 N–H and O–H groups in total. The molecule has 1 amide bonds. The number of methoxy groups -OCH3 is 2. The highest BCUT2D eigenvalue weighted by atomic mass is 19.1. The molecule has 0 fully saturated rings. The van der Waals surface area contributed by atoms with Crippen LogP contribution in [0, 0.1) is 11.6 Å². The van der Waals surface area contributed by atoms with Crippen LogP contribution in [0.5, 0.6) is 11.5 Å². The lowest BCUT2D eigenvalue weighted by Gasteiger charge is -2.10. The van der Waals surface area contributed by atoms with Gasteiger partial charge < -0.3 is 14.8 Å². The summed E-state index contributed by atoms with van der Waals surface area (Å²) in [5, 5.41) is 2.23. The van der Waals surface area contributed by atoms with E-state index < -0.39 is 23.2 Å². The third-order valence-corrected chi connectivity index (χ3v) is 3.04. The fraction of sp³-hybridized carbons (Fsp3) is 0.188. The van der Waals surface area contributed by atoms with Crippen molar-refractivity contribution in [3.63, 3.8) is 0 Å². The second kappa shape index (κ2) is 6.89. The molecule has 0 heterocycles. The quantitative estimate of drug-likeness (QED) is 0.923. The number of ether oxygens (including phenoxy) is 2. The Labute approximate surface area is 126 Å². The van der Waals surface area contributed by atoms with Gasteiger partial charge in [-0.05, 0) is 29.8 Å². The second-order valence-electron chi connectivity index (χ2n) is 4.51. The van der Waals surface area contributed by atoms with Crippen molar-refractivity contribution in [2.45, 2.75) is 6.42 Å². The van der Waals surface area contributed by atoms with Crippen molar-refractivity contribution in [2.24, 2.45) is 0 Å². The van der Waals surface area contributed by atoms with Gasteiger partial charge in [0.25, 0.3) is 0 Å². The van der Waals surface area contributed by atoms with E-state index in [2.05, 4.69) is 5.32 Å². The number of para-hydroxylation sites is 1. The lowest BCUT2D eigenvalue weighted by Crippen LogP contribution is -2.16. The first-order chi connectivity index (χ1) is 10.5. The van der Waals surface area contributed by atoms with Crippen LogP contribution in [0.1, 0.15) is 5.56 Å². The Morgan fingerprint density at radius 2 is 1.68 bits per heavy atom. The van der Waals surface area contributed by atoms with Crippen LogP contribution in [0.3, 0.4) is 0 Å². The molecule has 0 atom stereocenters. The topological polar surface area (TPSA) is 47.6 Å². The van der Waals surface area contributed by atoms with Gasteiger partial charge in [-0.3, -0.25) is 4.79 Å². The van der Waals surface area contributed by atoms with E-state index in [1.807, 2.05) is 0 Å². The summed E-state index contributed by atoms with van der Waals surface area (Å²) in [6.45, 7) is 0. The summed E-state index contributed by atoms with van der Waals surface area (Å²) in [7, 11) is 2.99. The Morgan fingerprint density at radius 1 is 1.05 bits per heavy atom. The van der Waals surface area contributed by atoms with Crippen molar-refractivity contribution in [3.8, 4) is 11.5 Å². The zero-order chi connectivity index (χ0) is 16.1. The SMILES string of the molecule is COc1ccc(CC(=O)Nc2c(F)cccc2F)cc1OC. The lowest BCUT2D eigenvalue weighted by molar-refractivity contribution is -0.115. The molecule has 4 nitrogen and oxygen atoms in total. The normalized spacial score (nSPS) is 10.2. The number of carbonyl (C=O) groups excluding carboxylic acids is 1. The maximum atomic E-state index is 13.5. The Morgan fingerprint density at radius 3 is 2.27 bits per heavy atom. The van der Waals surface area contributed by atoms with E-state index in [9.17, 15) is 13.6 Å². The minimum atomic E-state index is -0.819. The van der Waals surface area contributed by atoms with E-state index >= 15 is 0 Å².